The lowest BCUT2D eigenvalue weighted by molar-refractivity contribution is -0.545. The van der Waals surface area contributed by atoms with Gasteiger partial charge in [-0.2, -0.15) is 0 Å². The number of nitrogens with zero attached hydrogens (tertiary/aromatic N) is 1. The van der Waals surface area contributed by atoms with Crippen molar-refractivity contribution in [2.75, 3.05) is 5.32 Å². The van der Waals surface area contributed by atoms with Gasteiger partial charge in [0.2, 0.25) is 5.58 Å². The summed E-state index contributed by atoms with van der Waals surface area (Å²) in [5, 5.41) is 3.21. The first-order chi connectivity index (χ1) is 10.4. The normalized spacial score (nSPS) is 15.3. The van der Waals surface area contributed by atoms with Gasteiger partial charge >= 0.3 is 6.39 Å². The molecule has 2 aromatic carbocycles. The van der Waals surface area contributed by atoms with E-state index in [0.29, 0.717) is 5.88 Å². The molecule has 0 aliphatic carbocycles. The summed E-state index contributed by atoms with van der Waals surface area (Å²) in [5.41, 5.74) is 2.87. The molecule has 1 aromatic heterocycles. The molecule has 0 saturated carbocycles. The van der Waals surface area contributed by atoms with Crippen LogP contribution in [0.1, 0.15) is 0 Å². The van der Waals surface area contributed by atoms with Gasteiger partial charge in [0.15, 0.2) is 17.8 Å². The van der Waals surface area contributed by atoms with Crippen molar-refractivity contribution in [1.29, 1.82) is 0 Å². The van der Waals surface area contributed by atoms with Gasteiger partial charge in [0.25, 0.3) is 5.52 Å². The number of fused-ring (bicyclic) bond motifs is 2. The number of anilines is 1. The number of allylic oxidation sites excluding steroid dienone is 2. The first kappa shape index (κ1) is 11.8. The number of para-hydroxylation sites is 4. The van der Waals surface area contributed by atoms with Crippen LogP contribution in [0, 0.1) is 0 Å². The lowest BCUT2D eigenvalue weighted by atomic mass is 10.3. The first-order valence-corrected chi connectivity index (χ1v) is 6.70. The highest BCUT2D eigenvalue weighted by Crippen LogP contribution is 2.32. The zero-order chi connectivity index (χ0) is 14.1. The third-order valence-electron chi connectivity index (χ3n) is 3.30. The predicted molar refractivity (Wildman–Crippen MR) is 80.5 cm³/mol. The van der Waals surface area contributed by atoms with Crippen LogP contribution in [0.5, 0.6) is 5.75 Å². The summed E-state index contributed by atoms with van der Waals surface area (Å²) in [5.74, 6) is 1.56. The summed E-state index contributed by atoms with van der Waals surface area (Å²) in [6.45, 7) is 0. The fourth-order valence-electron chi connectivity index (χ4n) is 2.29. The zero-order valence-electron chi connectivity index (χ0n) is 11.2. The van der Waals surface area contributed by atoms with E-state index in [-0.39, 0.29) is 0 Å². The molecule has 102 valence electrons. The second-order valence-corrected chi connectivity index (χ2v) is 4.69. The Labute approximate surface area is 121 Å². The van der Waals surface area contributed by atoms with Gasteiger partial charge in [-0.25, -0.2) is 0 Å². The molecular weight excluding hydrogens is 264 g/mol. The van der Waals surface area contributed by atoms with Crippen molar-refractivity contribution < 1.29 is 13.7 Å². The summed E-state index contributed by atoms with van der Waals surface area (Å²) in [7, 11) is 0. The number of oxazole rings is 1. The molecule has 4 nitrogen and oxygen atoms in total. The molecule has 0 saturated heterocycles. The number of nitrogens with one attached hydrogen (secondary N) is 1. The van der Waals surface area contributed by atoms with E-state index < -0.39 is 0 Å². The molecule has 4 heteroatoms. The molecule has 1 aliphatic rings. The van der Waals surface area contributed by atoms with Crippen LogP contribution in [0.25, 0.3) is 17.3 Å². The van der Waals surface area contributed by atoms with Gasteiger partial charge in [0.05, 0.1) is 5.69 Å². The van der Waals surface area contributed by atoms with Gasteiger partial charge in [-0.05, 0) is 18.2 Å². The molecule has 2 heterocycles. The molecule has 0 atom stereocenters. The smallest absolute Gasteiger partial charge is 0.340 e. The molecule has 21 heavy (non-hydrogen) atoms. The highest BCUT2D eigenvalue weighted by molar-refractivity contribution is 5.68. The molecule has 0 bridgehead atoms. The Morgan fingerprint density at radius 2 is 1.86 bits per heavy atom. The van der Waals surface area contributed by atoms with Gasteiger partial charge in [-0.3, -0.25) is 0 Å². The Kier molecular flexibility index (Phi) is 2.71. The number of ether oxygens (including phenoxy) is 1. The Balaban J connectivity index is 1.56. The number of hydrogen-bond donors (Lipinski definition) is 1. The number of rotatable bonds is 2. The summed E-state index contributed by atoms with van der Waals surface area (Å²) >= 11 is 0. The molecule has 0 radical (unpaired) electrons. The molecule has 0 unspecified atom stereocenters. The van der Waals surface area contributed by atoms with E-state index in [2.05, 4.69) is 5.32 Å². The largest absolute Gasteiger partial charge is 0.439 e. The lowest BCUT2D eigenvalue weighted by Gasteiger charge is -1.94. The molecule has 1 N–H and O–H groups in total. The second-order valence-electron chi connectivity index (χ2n) is 4.69. The average Bonchev–Trinajstić information content (AvgIpc) is 3.11. The van der Waals surface area contributed by atoms with Gasteiger partial charge in [0.1, 0.15) is 0 Å². The highest BCUT2D eigenvalue weighted by atomic mass is 16.5. The van der Waals surface area contributed by atoms with Crippen LogP contribution < -0.4 is 14.6 Å². The van der Waals surface area contributed by atoms with E-state index in [1.54, 1.807) is 6.39 Å². The van der Waals surface area contributed by atoms with E-state index in [1.165, 1.54) is 0 Å². The van der Waals surface area contributed by atoms with Crippen LogP contribution in [0.15, 0.2) is 77.4 Å². The summed E-state index contributed by atoms with van der Waals surface area (Å²) in [4.78, 5) is 0. The fourth-order valence-corrected chi connectivity index (χ4v) is 2.29. The number of hydrogen-bond acceptors (Lipinski definition) is 3. The maximum Gasteiger partial charge on any atom is 0.340 e. The SMILES string of the molecule is C(=C[n+]1coc2ccccc21)C=C1Nc2ccccc2O1. The Bertz CT molecular complexity index is 835. The topological polar surface area (TPSA) is 38.3 Å². The van der Waals surface area contributed by atoms with E-state index in [1.807, 2.05) is 71.5 Å². The van der Waals surface area contributed by atoms with Gasteiger partial charge in [0, 0.05) is 18.2 Å². The quantitative estimate of drug-likeness (QED) is 0.728. The zero-order valence-corrected chi connectivity index (χ0v) is 11.2. The van der Waals surface area contributed by atoms with Crippen LogP contribution >= 0.6 is 0 Å². The highest BCUT2D eigenvalue weighted by Gasteiger charge is 2.14. The summed E-state index contributed by atoms with van der Waals surface area (Å²) < 4.78 is 13.1. The maximum absolute atomic E-state index is 5.68. The van der Waals surface area contributed by atoms with Crippen molar-refractivity contribution in [3.05, 3.63) is 73.0 Å². The second kappa shape index (κ2) is 4.83. The van der Waals surface area contributed by atoms with Gasteiger partial charge < -0.3 is 14.5 Å². The van der Waals surface area contributed by atoms with Gasteiger partial charge in [-0.1, -0.05) is 24.3 Å². The third kappa shape index (κ3) is 2.17. The number of benzene rings is 2. The molecular formula is C17H13N2O2+. The Hall–Kier alpha value is -3.01. The Morgan fingerprint density at radius 3 is 2.81 bits per heavy atom. The first-order valence-electron chi connectivity index (χ1n) is 6.70. The minimum absolute atomic E-state index is 0.709. The number of aromatic nitrogens is 1. The van der Waals surface area contributed by atoms with E-state index in [4.69, 9.17) is 9.15 Å². The van der Waals surface area contributed by atoms with Crippen LogP contribution in [0.2, 0.25) is 0 Å². The van der Waals surface area contributed by atoms with E-state index >= 15 is 0 Å². The Morgan fingerprint density at radius 1 is 1.00 bits per heavy atom. The summed E-state index contributed by atoms with van der Waals surface area (Å²) in [6.07, 6.45) is 7.40. The average molecular weight is 277 g/mol. The molecule has 0 amide bonds. The van der Waals surface area contributed by atoms with E-state index in [0.717, 1.165) is 22.5 Å². The maximum atomic E-state index is 5.68. The van der Waals surface area contributed by atoms with Crippen molar-refractivity contribution in [1.82, 2.24) is 0 Å². The fraction of sp³-hybridized carbons (Fsp3) is 0. The monoisotopic (exact) mass is 277 g/mol. The van der Waals surface area contributed by atoms with Crippen molar-refractivity contribution in [2.45, 2.75) is 0 Å². The lowest BCUT2D eigenvalue weighted by Crippen LogP contribution is -2.22. The van der Waals surface area contributed by atoms with Crippen LogP contribution in [0.4, 0.5) is 5.69 Å². The molecule has 1 aliphatic heterocycles. The minimum Gasteiger partial charge on any atom is -0.439 e. The molecule has 0 spiro atoms. The third-order valence-corrected chi connectivity index (χ3v) is 3.30. The predicted octanol–water partition coefficient (Wildman–Crippen LogP) is 3.54. The minimum atomic E-state index is 0.709. The van der Waals surface area contributed by atoms with Crippen LogP contribution in [0.3, 0.4) is 0 Å². The van der Waals surface area contributed by atoms with Crippen LogP contribution in [-0.2, 0) is 0 Å². The molecule has 3 aromatic rings. The summed E-state index contributed by atoms with van der Waals surface area (Å²) in [6, 6.07) is 15.7. The standard InChI is InChI=1S/C17H13N2O2/c1-3-8-15-13(6-1)18-17(21-15)10-5-11-19-12-20-16-9-4-2-7-14(16)19/h1-12,18H/q+1. The van der Waals surface area contributed by atoms with Crippen molar-refractivity contribution >= 4 is 23.0 Å². The van der Waals surface area contributed by atoms with E-state index in [9.17, 15) is 0 Å². The molecule has 4 rings (SSSR count). The molecule has 0 fully saturated rings. The van der Waals surface area contributed by atoms with Crippen LogP contribution in [-0.4, -0.2) is 0 Å². The van der Waals surface area contributed by atoms with Crippen molar-refractivity contribution in [3.63, 3.8) is 0 Å². The van der Waals surface area contributed by atoms with Crippen molar-refractivity contribution in [2.24, 2.45) is 0 Å². The van der Waals surface area contributed by atoms with Crippen molar-refractivity contribution in [3.8, 4) is 5.75 Å². The van der Waals surface area contributed by atoms with Gasteiger partial charge in [-0.15, -0.1) is 4.57 Å².